The number of carbonyl (C=O) groups excluding carboxylic acids is 1. The van der Waals surface area contributed by atoms with Gasteiger partial charge in [0, 0.05) is 5.38 Å². The number of carbonyl (C=O) groups is 1. The molecule has 21 heavy (non-hydrogen) atoms. The first-order chi connectivity index (χ1) is 10.1. The molecule has 1 unspecified atom stereocenters. The van der Waals surface area contributed by atoms with E-state index in [0.717, 1.165) is 10.7 Å². The van der Waals surface area contributed by atoms with Gasteiger partial charge >= 0.3 is 0 Å². The highest BCUT2D eigenvalue weighted by atomic mass is 32.1. The van der Waals surface area contributed by atoms with Crippen molar-refractivity contribution in [2.24, 2.45) is 0 Å². The minimum Gasteiger partial charge on any atom is -0.493 e. The van der Waals surface area contributed by atoms with Gasteiger partial charge in [0.25, 0.3) is 5.91 Å². The average Bonchev–Trinajstić information content (AvgIpc) is 2.91. The molecule has 6 heteroatoms. The van der Waals surface area contributed by atoms with Crippen LogP contribution in [0.2, 0.25) is 0 Å². The lowest BCUT2D eigenvalue weighted by molar-refractivity contribution is -0.127. The monoisotopic (exact) mass is 306 g/mol. The summed E-state index contributed by atoms with van der Waals surface area (Å²) in [5.41, 5.74) is 0.857. The fraction of sp³-hybridized carbons (Fsp3) is 0.333. The molecule has 5 nitrogen and oxygen atoms in total. The Morgan fingerprint density at radius 3 is 2.71 bits per heavy atom. The number of hydrogen-bond acceptors (Lipinski definition) is 5. The number of aryl methyl sites for hydroxylation is 1. The number of amides is 1. The van der Waals surface area contributed by atoms with Crippen molar-refractivity contribution in [3.05, 3.63) is 40.3 Å². The lowest BCUT2D eigenvalue weighted by Crippen LogP contribution is -2.36. The molecule has 1 atom stereocenters. The molecule has 1 aromatic carbocycles. The molecule has 1 aromatic heterocycles. The van der Waals surface area contributed by atoms with Gasteiger partial charge in [-0.3, -0.25) is 4.79 Å². The number of aromatic nitrogens is 1. The van der Waals surface area contributed by atoms with Crippen LogP contribution < -0.4 is 14.8 Å². The zero-order chi connectivity index (χ0) is 15.2. The Morgan fingerprint density at radius 1 is 1.38 bits per heavy atom. The van der Waals surface area contributed by atoms with Crippen LogP contribution in [0.5, 0.6) is 11.5 Å². The van der Waals surface area contributed by atoms with E-state index in [1.807, 2.05) is 24.4 Å². The van der Waals surface area contributed by atoms with Gasteiger partial charge in [0.2, 0.25) is 0 Å². The van der Waals surface area contributed by atoms with E-state index in [2.05, 4.69) is 10.3 Å². The van der Waals surface area contributed by atoms with E-state index >= 15 is 0 Å². The van der Waals surface area contributed by atoms with E-state index in [9.17, 15) is 4.79 Å². The Kier molecular flexibility index (Phi) is 5.16. The minimum atomic E-state index is -0.610. The summed E-state index contributed by atoms with van der Waals surface area (Å²) in [7, 11) is 1.57. The van der Waals surface area contributed by atoms with Crippen molar-refractivity contribution < 1.29 is 14.3 Å². The third-order valence-electron chi connectivity index (χ3n) is 2.85. The summed E-state index contributed by atoms with van der Waals surface area (Å²) in [5.74, 6) is 0.964. The van der Waals surface area contributed by atoms with Gasteiger partial charge in [0.15, 0.2) is 17.6 Å². The standard InChI is InChI=1S/C15H18N2O3S/c1-10(20-14-7-5-4-6-13(14)19-3)15(18)16-8-12-9-21-11(2)17-12/h4-7,9-10H,8H2,1-3H3,(H,16,18). The highest BCUT2D eigenvalue weighted by molar-refractivity contribution is 7.09. The highest BCUT2D eigenvalue weighted by Crippen LogP contribution is 2.26. The number of ether oxygens (including phenoxy) is 2. The van der Waals surface area contributed by atoms with Gasteiger partial charge in [-0.25, -0.2) is 4.98 Å². The van der Waals surface area contributed by atoms with Crippen LogP contribution in [-0.2, 0) is 11.3 Å². The maximum absolute atomic E-state index is 12.0. The van der Waals surface area contributed by atoms with Gasteiger partial charge in [-0.1, -0.05) is 12.1 Å². The van der Waals surface area contributed by atoms with Crippen molar-refractivity contribution in [1.29, 1.82) is 0 Å². The molecule has 0 bridgehead atoms. The predicted octanol–water partition coefficient (Wildman–Crippen LogP) is 2.54. The molecule has 1 N–H and O–H groups in total. The van der Waals surface area contributed by atoms with Gasteiger partial charge in [-0.15, -0.1) is 11.3 Å². The first-order valence-electron chi connectivity index (χ1n) is 6.58. The Balaban J connectivity index is 1.90. The number of para-hydroxylation sites is 2. The fourth-order valence-electron chi connectivity index (χ4n) is 1.77. The summed E-state index contributed by atoms with van der Waals surface area (Å²) < 4.78 is 10.8. The molecule has 112 valence electrons. The van der Waals surface area contributed by atoms with Crippen LogP contribution >= 0.6 is 11.3 Å². The lowest BCUT2D eigenvalue weighted by atomic mass is 10.3. The second-order valence-electron chi connectivity index (χ2n) is 4.49. The maximum Gasteiger partial charge on any atom is 0.261 e. The van der Waals surface area contributed by atoms with Crippen LogP contribution in [0.25, 0.3) is 0 Å². The van der Waals surface area contributed by atoms with Gasteiger partial charge in [0.05, 0.1) is 24.4 Å². The van der Waals surface area contributed by atoms with Crippen LogP contribution in [0.1, 0.15) is 17.6 Å². The molecule has 1 amide bonds. The first-order valence-corrected chi connectivity index (χ1v) is 7.46. The molecule has 1 heterocycles. The van der Waals surface area contributed by atoms with Crippen molar-refractivity contribution in [1.82, 2.24) is 10.3 Å². The van der Waals surface area contributed by atoms with Crippen molar-refractivity contribution in [3.63, 3.8) is 0 Å². The maximum atomic E-state index is 12.0. The Bertz CT molecular complexity index is 612. The van der Waals surface area contributed by atoms with Crippen molar-refractivity contribution in [2.45, 2.75) is 26.5 Å². The third-order valence-corrected chi connectivity index (χ3v) is 3.67. The summed E-state index contributed by atoms with van der Waals surface area (Å²) in [6.45, 7) is 4.04. The van der Waals surface area contributed by atoms with Crippen molar-refractivity contribution in [3.8, 4) is 11.5 Å². The summed E-state index contributed by atoms with van der Waals surface area (Å²) in [5, 5.41) is 5.72. The zero-order valence-corrected chi connectivity index (χ0v) is 13.1. The smallest absolute Gasteiger partial charge is 0.261 e. The molecule has 2 aromatic rings. The quantitative estimate of drug-likeness (QED) is 0.891. The van der Waals surface area contributed by atoms with E-state index in [-0.39, 0.29) is 5.91 Å². The number of methoxy groups -OCH3 is 1. The summed E-state index contributed by atoms with van der Waals surface area (Å²) in [4.78, 5) is 16.3. The SMILES string of the molecule is COc1ccccc1OC(C)C(=O)NCc1csc(C)n1. The second-order valence-corrected chi connectivity index (χ2v) is 5.55. The average molecular weight is 306 g/mol. The molecule has 0 radical (unpaired) electrons. The summed E-state index contributed by atoms with van der Waals surface area (Å²) in [6.07, 6.45) is -0.610. The van der Waals surface area contributed by atoms with Crippen LogP contribution in [0, 0.1) is 6.92 Å². The lowest BCUT2D eigenvalue weighted by Gasteiger charge is -2.16. The van der Waals surface area contributed by atoms with Crippen molar-refractivity contribution in [2.75, 3.05) is 7.11 Å². The molecule has 0 aliphatic rings. The van der Waals surface area contributed by atoms with E-state index in [0.29, 0.717) is 18.0 Å². The molecule has 0 spiro atoms. The second kappa shape index (κ2) is 7.08. The molecule has 0 aliphatic heterocycles. The number of nitrogens with one attached hydrogen (secondary N) is 1. The third kappa shape index (κ3) is 4.19. The van der Waals surface area contributed by atoms with Crippen molar-refractivity contribution >= 4 is 17.2 Å². The molecular weight excluding hydrogens is 288 g/mol. The topological polar surface area (TPSA) is 60.5 Å². The van der Waals surface area contributed by atoms with Crippen LogP contribution in [-0.4, -0.2) is 24.1 Å². The molecule has 0 saturated heterocycles. The Labute approximate surface area is 127 Å². The summed E-state index contributed by atoms with van der Waals surface area (Å²) >= 11 is 1.56. The van der Waals surface area contributed by atoms with Gasteiger partial charge in [0.1, 0.15) is 0 Å². The molecule has 0 fully saturated rings. The molecule has 0 aliphatic carbocycles. The van der Waals surface area contributed by atoms with E-state index < -0.39 is 6.10 Å². The zero-order valence-electron chi connectivity index (χ0n) is 12.3. The van der Waals surface area contributed by atoms with Crippen LogP contribution in [0.3, 0.4) is 0 Å². The molecule has 0 saturated carbocycles. The number of rotatable bonds is 6. The largest absolute Gasteiger partial charge is 0.493 e. The van der Waals surface area contributed by atoms with Gasteiger partial charge in [-0.05, 0) is 26.0 Å². The molecular formula is C15H18N2O3S. The number of nitrogens with zero attached hydrogens (tertiary/aromatic N) is 1. The Hall–Kier alpha value is -2.08. The van der Waals surface area contributed by atoms with Gasteiger partial charge < -0.3 is 14.8 Å². The van der Waals surface area contributed by atoms with E-state index in [1.54, 1.807) is 37.5 Å². The number of thiazole rings is 1. The fourth-order valence-corrected chi connectivity index (χ4v) is 2.38. The van der Waals surface area contributed by atoms with Crippen LogP contribution in [0.4, 0.5) is 0 Å². The van der Waals surface area contributed by atoms with E-state index in [4.69, 9.17) is 9.47 Å². The normalized spacial score (nSPS) is 11.8. The number of benzene rings is 1. The Morgan fingerprint density at radius 2 is 2.10 bits per heavy atom. The van der Waals surface area contributed by atoms with Gasteiger partial charge in [-0.2, -0.15) is 0 Å². The van der Waals surface area contributed by atoms with Crippen LogP contribution in [0.15, 0.2) is 29.6 Å². The van der Waals surface area contributed by atoms with E-state index in [1.165, 1.54) is 0 Å². The number of hydrogen-bond donors (Lipinski definition) is 1. The first kappa shape index (κ1) is 15.3. The minimum absolute atomic E-state index is 0.188. The summed E-state index contributed by atoms with van der Waals surface area (Å²) in [6, 6.07) is 7.24. The molecule has 2 rings (SSSR count). The predicted molar refractivity (Wildman–Crippen MR) is 81.8 cm³/mol. The highest BCUT2D eigenvalue weighted by Gasteiger charge is 2.16.